The number of nitrogens with zero attached hydrogens (tertiary/aromatic N) is 3. The maximum Gasteiger partial charge on any atom is 0.325 e. The van der Waals surface area contributed by atoms with E-state index in [0.29, 0.717) is 16.7 Å². The zero-order valence-corrected chi connectivity index (χ0v) is 18.0. The van der Waals surface area contributed by atoms with Crippen LogP contribution in [0.25, 0.3) is 5.69 Å². The minimum absolute atomic E-state index is 0.140. The van der Waals surface area contributed by atoms with Crippen molar-refractivity contribution in [3.8, 4) is 5.69 Å². The van der Waals surface area contributed by atoms with Crippen LogP contribution in [0.1, 0.15) is 17.1 Å². The van der Waals surface area contributed by atoms with Crippen LogP contribution in [0.15, 0.2) is 75.4 Å². The number of aromatic amines is 2. The molecule has 0 aliphatic heterocycles. The number of carbonyl (C=O) groups excluding carboxylic acids is 1. The average molecular weight is 449 g/mol. The van der Waals surface area contributed by atoms with Crippen LogP contribution >= 0.6 is 11.8 Å². The van der Waals surface area contributed by atoms with Crippen molar-refractivity contribution < 1.29 is 4.79 Å². The Labute approximate surface area is 186 Å². The number of rotatable bonds is 7. The molecule has 0 aliphatic carbocycles. The molecular formula is C22H20N6O3S. The number of hydrogen-bond donors (Lipinski definition) is 3. The molecule has 2 aromatic heterocycles. The number of carbonyl (C=O) groups is 1. The van der Waals surface area contributed by atoms with E-state index in [-0.39, 0.29) is 18.1 Å². The van der Waals surface area contributed by atoms with Gasteiger partial charge < -0.3 is 10.3 Å². The molecule has 4 aromatic rings. The van der Waals surface area contributed by atoms with Crippen LogP contribution in [0.4, 0.5) is 5.69 Å². The average Bonchev–Trinajstić information content (AvgIpc) is 3.16. The van der Waals surface area contributed by atoms with E-state index in [1.165, 1.54) is 17.8 Å². The smallest absolute Gasteiger partial charge is 0.325 e. The van der Waals surface area contributed by atoms with Crippen molar-refractivity contribution in [3.63, 3.8) is 0 Å². The highest BCUT2D eigenvalue weighted by molar-refractivity contribution is 7.99. The molecule has 0 fully saturated rings. The molecule has 2 heterocycles. The van der Waals surface area contributed by atoms with E-state index >= 15 is 0 Å². The molecule has 0 bridgehead atoms. The SMILES string of the molecule is Cc1ccc(NC(=O)CSc2nnc(Cc3cc(=O)[nH]c(=O)[nH]3)n2-c2ccccc2)cc1. The molecule has 10 heteroatoms. The number of benzene rings is 2. The number of H-pyrrole nitrogens is 2. The summed E-state index contributed by atoms with van der Waals surface area (Å²) in [6.07, 6.45) is 0.192. The number of aromatic nitrogens is 5. The van der Waals surface area contributed by atoms with Crippen LogP contribution in [0, 0.1) is 6.92 Å². The van der Waals surface area contributed by atoms with Crippen LogP contribution < -0.4 is 16.6 Å². The molecule has 0 saturated heterocycles. The van der Waals surface area contributed by atoms with E-state index in [4.69, 9.17) is 0 Å². The van der Waals surface area contributed by atoms with Crippen molar-refractivity contribution in [1.29, 1.82) is 0 Å². The van der Waals surface area contributed by atoms with Gasteiger partial charge in [-0.15, -0.1) is 10.2 Å². The molecule has 0 saturated carbocycles. The third-order valence-corrected chi connectivity index (χ3v) is 5.48. The van der Waals surface area contributed by atoms with Crippen molar-refractivity contribution in [2.75, 3.05) is 11.1 Å². The van der Waals surface area contributed by atoms with Gasteiger partial charge in [0.05, 0.1) is 5.75 Å². The van der Waals surface area contributed by atoms with Gasteiger partial charge in [-0.3, -0.25) is 19.1 Å². The summed E-state index contributed by atoms with van der Waals surface area (Å²) < 4.78 is 1.81. The molecular weight excluding hydrogens is 428 g/mol. The largest absolute Gasteiger partial charge is 0.325 e. The lowest BCUT2D eigenvalue weighted by Crippen LogP contribution is -2.23. The summed E-state index contributed by atoms with van der Waals surface area (Å²) in [6, 6.07) is 18.3. The molecule has 4 rings (SSSR count). The van der Waals surface area contributed by atoms with E-state index in [9.17, 15) is 14.4 Å². The fourth-order valence-electron chi connectivity index (χ4n) is 3.09. The lowest BCUT2D eigenvalue weighted by molar-refractivity contribution is -0.113. The third kappa shape index (κ3) is 5.22. The summed E-state index contributed by atoms with van der Waals surface area (Å²) in [4.78, 5) is 40.4. The van der Waals surface area contributed by atoms with E-state index < -0.39 is 11.2 Å². The van der Waals surface area contributed by atoms with Crippen molar-refractivity contribution in [2.24, 2.45) is 0 Å². The second kappa shape index (κ2) is 9.48. The monoisotopic (exact) mass is 448 g/mol. The highest BCUT2D eigenvalue weighted by Gasteiger charge is 2.17. The molecule has 0 aliphatic rings. The normalized spacial score (nSPS) is 10.8. The first-order valence-corrected chi connectivity index (χ1v) is 10.8. The summed E-state index contributed by atoms with van der Waals surface area (Å²) >= 11 is 1.25. The molecule has 0 atom stereocenters. The van der Waals surface area contributed by atoms with Gasteiger partial charge in [-0.25, -0.2) is 4.79 Å². The fraction of sp³-hybridized carbons (Fsp3) is 0.136. The van der Waals surface area contributed by atoms with Crippen LogP contribution in [0.2, 0.25) is 0 Å². The second-order valence-electron chi connectivity index (χ2n) is 7.06. The summed E-state index contributed by atoms with van der Waals surface area (Å²) in [5.41, 5.74) is 1.99. The molecule has 9 nitrogen and oxygen atoms in total. The minimum atomic E-state index is -0.583. The number of amides is 1. The molecule has 2 aromatic carbocycles. The Hall–Kier alpha value is -3.92. The standard InChI is InChI=1S/C22H20N6O3S/c1-14-7-9-15(10-8-14)23-20(30)13-32-22-27-26-18(28(22)17-5-3-2-4-6-17)11-16-12-19(29)25-21(31)24-16/h2-10,12H,11,13H2,1H3,(H,23,30)(H2,24,25,29,31). The number of para-hydroxylation sites is 1. The van der Waals surface area contributed by atoms with Crippen LogP contribution in [0.3, 0.4) is 0 Å². The molecule has 1 amide bonds. The molecule has 162 valence electrons. The lowest BCUT2D eigenvalue weighted by Gasteiger charge is -2.10. The zero-order chi connectivity index (χ0) is 22.5. The number of anilines is 1. The summed E-state index contributed by atoms with van der Waals surface area (Å²) in [7, 11) is 0. The maximum absolute atomic E-state index is 12.4. The topological polar surface area (TPSA) is 126 Å². The Bertz CT molecular complexity index is 1310. The van der Waals surface area contributed by atoms with E-state index in [2.05, 4.69) is 25.5 Å². The highest BCUT2D eigenvalue weighted by Crippen LogP contribution is 2.23. The van der Waals surface area contributed by atoms with Gasteiger partial charge in [-0.05, 0) is 31.2 Å². The quantitative estimate of drug-likeness (QED) is 0.373. The number of thioether (sulfide) groups is 1. The highest BCUT2D eigenvalue weighted by atomic mass is 32.2. The minimum Gasteiger partial charge on any atom is -0.325 e. The summed E-state index contributed by atoms with van der Waals surface area (Å²) in [5.74, 6) is 0.501. The van der Waals surface area contributed by atoms with E-state index in [1.807, 2.05) is 66.1 Å². The molecule has 3 N–H and O–H groups in total. The van der Waals surface area contributed by atoms with Crippen molar-refractivity contribution in [3.05, 3.63) is 98.6 Å². The van der Waals surface area contributed by atoms with E-state index in [0.717, 1.165) is 16.9 Å². The summed E-state index contributed by atoms with van der Waals surface area (Å²) in [5, 5.41) is 11.9. The van der Waals surface area contributed by atoms with Crippen molar-refractivity contribution >= 4 is 23.4 Å². The van der Waals surface area contributed by atoms with Crippen LogP contribution in [-0.2, 0) is 11.2 Å². The number of aryl methyl sites for hydroxylation is 1. The molecule has 32 heavy (non-hydrogen) atoms. The predicted octanol–water partition coefficient (Wildman–Crippen LogP) is 2.27. The van der Waals surface area contributed by atoms with Crippen molar-refractivity contribution in [1.82, 2.24) is 24.7 Å². The Morgan fingerprint density at radius 1 is 1.03 bits per heavy atom. The Morgan fingerprint density at radius 3 is 2.50 bits per heavy atom. The van der Waals surface area contributed by atoms with Gasteiger partial charge in [0, 0.05) is 29.6 Å². The van der Waals surface area contributed by atoms with Crippen LogP contribution in [-0.4, -0.2) is 36.4 Å². The van der Waals surface area contributed by atoms with Gasteiger partial charge >= 0.3 is 5.69 Å². The van der Waals surface area contributed by atoms with Gasteiger partial charge in [0.25, 0.3) is 5.56 Å². The van der Waals surface area contributed by atoms with Crippen LogP contribution in [0.5, 0.6) is 0 Å². The zero-order valence-electron chi connectivity index (χ0n) is 17.2. The maximum atomic E-state index is 12.4. The molecule has 0 radical (unpaired) electrons. The van der Waals surface area contributed by atoms with Gasteiger partial charge in [-0.2, -0.15) is 0 Å². The first kappa shape index (κ1) is 21.3. The fourth-order valence-corrected chi connectivity index (χ4v) is 3.86. The Morgan fingerprint density at radius 2 is 1.78 bits per heavy atom. The van der Waals surface area contributed by atoms with Gasteiger partial charge in [-0.1, -0.05) is 47.7 Å². The molecule has 0 spiro atoms. The number of nitrogens with one attached hydrogen (secondary N) is 3. The third-order valence-electron chi connectivity index (χ3n) is 4.55. The first-order valence-electron chi connectivity index (χ1n) is 9.79. The lowest BCUT2D eigenvalue weighted by atomic mass is 10.2. The Balaban J connectivity index is 1.56. The first-order chi connectivity index (χ1) is 15.5. The predicted molar refractivity (Wildman–Crippen MR) is 122 cm³/mol. The second-order valence-corrected chi connectivity index (χ2v) is 8.00. The van der Waals surface area contributed by atoms with E-state index in [1.54, 1.807) is 0 Å². The van der Waals surface area contributed by atoms with Gasteiger partial charge in [0.1, 0.15) is 5.82 Å². The van der Waals surface area contributed by atoms with Gasteiger partial charge in [0.2, 0.25) is 5.91 Å². The number of hydrogen-bond acceptors (Lipinski definition) is 6. The van der Waals surface area contributed by atoms with Gasteiger partial charge in [0.15, 0.2) is 5.16 Å². The van der Waals surface area contributed by atoms with Crippen molar-refractivity contribution in [2.45, 2.75) is 18.5 Å². The Kier molecular flexibility index (Phi) is 6.31. The molecule has 0 unspecified atom stereocenters. The summed E-state index contributed by atoms with van der Waals surface area (Å²) in [6.45, 7) is 1.98.